The van der Waals surface area contributed by atoms with Gasteiger partial charge in [-0.3, -0.25) is 0 Å². The van der Waals surface area contributed by atoms with Gasteiger partial charge in [0.15, 0.2) is 0 Å². The third kappa shape index (κ3) is 0.939. The first-order valence-corrected chi connectivity index (χ1v) is 4.23. The highest BCUT2D eigenvalue weighted by Gasteiger charge is 2.10. The van der Waals surface area contributed by atoms with E-state index >= 15 is 0 Å². The third-order valence-corrected chi connectivity index (χ3v) is 2.38. The number of anilines is 4. The second-order valence-corrected chi connectivity index (χ2v) is 3.20. The number of nitrogen functional groups attached to an aromatic ring is 4. The number of rotatable bonds is 0. The lowest BCUT2D eigenvalue weighted by molar-refractivity contribution is 1.67. The standard InChI is InChI=1S/C10H12N4/c11-7-5-3-1-2-4-6(5)8(12)10(14)9(7)13/h1-4H,11-14H2. The van der Waals surface area contributed by atoms with Gasteiger partial charge in [0.1, 0.15) is 0 Å². The minimum Gasteiger partial charge on any atom is -0.396 e. The Labute approximate surface area is 81.5 Å². The minimum absolute atomic E-state index is 0.362. The van der Waals surface area contributed by atoms with Crippen molar-refractivity contribution >= 4 is 33.5 Å². The Hall–Kier alpha value is -2.10. The first kappa shape index (κ1) is 8.50. The molecule has 0 aliphatic heterocycles. The maximum Gasteiger partial charge on any atom is 0.0809 e. The highest BCUT2D eigenvalue weighted by atomic mass is 14.8. The van der Waals surface area contributed by atoms with E-state index in [0.717, 1.165) is 10.8 Å². The van der Waals surface area contributed by atoms with E-state index in [4.69, 9.17) is 22.9 Å². The van der Waals surface area contributed by atoms with Crippen molar-refractivity contribution in [3.8, 4) is 0 Å². The molecule has 14 heavy (non-hydrogen) atoms. The zero-order valence-corrected chi connectivity index (χ0v) is 7.62. The Balaban J connectivity index is 3.02. The van der Waals surface area contributed by atoms with Crippen LogP contribution in [0.3, 0.4) is 0 Å². The molecule has 0 spiro atoms. The lowest BCUT2D eigenvalue weighted by atomic mass is 10.0. The summed E-state index contributed by atoms with van der Waals surface area (Å²) in [5, 5.41) is 1.69. The van der Waals surface area contributed by atoms with Crippen molar-refractivity contribution in [3.05, 3.63) is 24.3 Å². The van der Waals surface area contributed by atoms with Crippen LogP contribution in [-0.2, 0) is 0 Å². The summed E-state index contributed by atoms with van der Waals surface area (Å²) in [7, 11) is 0. The van der Waals surface area contributed by atoms with Crippen LogP contribution in [0, 0.1) is 0 Å². The fraction of sp³-hybridized carbons (Fsp3) is 0. The number of benzene rings is 2. The van der Waals surface area contributed by atoms with Gasteiger partial charge in [0.05, 0.1) is 22.7 Å². The van der Waals surface area contributed by atoms with E-state index in [1.54, 1.807) is 0 Å². The van der Waals surface area contributed by atoms with Crippen LogP contribution in [0.15, 0.2) is 24.3 Å². The Kier molecular flexibility index (Phi) is 1.64. The van der Waals surface area contributed by atoms with Gasteiger partial charge in [0, 0.05) is 10.8 Å². The average Bonchev–Trinajstić information content (AvgIpc) is 2.23. The molecule has 0 fully saturated rings. The molecule has 2 rings (SSSR count). The van der Waals surface area contributed by atoms with Crippen LogP contribution in [0.4, 0.5) is 22.7 Å². The van der Waals surface area contributed by atoms with Crippen molar-refractivity contribution in [3.63, 3.8) is 0 Å². The Morgan fingerprint density at radius 3 is 1.29 bits per heavy atom. The molecular weight excluding hydrogens is 176 g/mol. The molecule has 0 unspecified atom stereocenters. The van der Waals surface area contributed by atoms with E-state index in [2.05, 4.69) is 0 Å². The predicted molar refractivity (Wildman–Crippen MR) is 61.6 cm³/mol. The summed E-state index contributed by atoms with van der Waals surface area (Å²) >= 11 is 0. The fourth-order valence-corrected chi connectivity index (χ4v) is 1.53. The predicted octanol–water partition coefficient (Wildman–Crippen LogP) is 1.17. The van der Waals surface area contributed by atoms with Crippen LogP contribution in [0.25, 0.3) is 10.8 Å². The maximum atomic E-state index is 5.83. The van der Waals surface area contributed by atoms with Gasteiger partial charge in [-0.15, -0.1) is 0 Å². The second kappa shape index (κ2) is 2.70. The van der Waals surface area contributed by atoms with Gasteiger partial charge in [-0.2, -0.15) is 0 Å². The number of fused-ring (bicyclic) bond motifs is 1. The molecule has 72 valence electrons. The van der Waals surface area contributed by atoms with Crippen LogP contribution < -0.4 is 22.9 Å². The molecule has 4 heteroatoms. The van der Waals surface area contributed by atoms with E-state index in [0.29, 0.717) is 22.7 Å². The van der Waals surface area contributed by atoms with Crippen molar-refractivity contribution in [2.75, 3.05) is 22.9 Å². The Bertz CT molecular complexity index is 458. The SMILES string of the molecule is Nc1c(N)c(N)c2ccccc2c1N. The molecule has 0 amide bonds. The van der Waals surface area contributed by atoms with Gasteiger partial charge in [0.2, 0.25) is 0 Å². The van der Waals surface area contributed by atoms with Gasteiger partial charge in [-0.25, -0.2) is 0 Å². The van der Waals surface area contributed by atoms with Gasteiger partial charge >= 0.3 is 0 Å². The molecule has 0 radical (unpaired) electrons. The minimum atomic E-state index is 0.362. The summed E-state index contributed by atoms with van der Waals surface area (Å²) in [4.78, 5) is 0. The van der Waals surface area contributed by atoms with Gasteiger partial charge in [0.25, 0.3) is 0 Å². The van der Waals surface area contributed by atoms with E-state index in [1.165, 1.54) is 0 Å². The molecule has 4 nitrogen and oxygen atoms in total. The average molecular weight is 188 g/mol. The van der Waals surface area contributed by atoms with Crippen LogP contribution in [-0.4, -0.2) is 0 Å². The highest BCUT2D eigenvalue weighted by molar-refractivity contribution is 6.11. The summed E-state index contributed by atoms with van der Waals surface area (Å²) in [6.45, 7) is 0. The lowest BCUT2D eigenvalue weighted by Crippen LogP contribution is -2.04. The van der Waals surface area contributed by atoms with E-state index in [9.17, 15) is 0 Å². The van der Waals surface area contributed by atoms with Crippen molar-refractivity contribution in [1.29, 1.82) is 0 Å². The van der Waals surface area contributed by atoms with Gasteiger partial charge < -0.3 is 22.9 Å². The normalized spacial score (nSPS) is 10.6. The number of hydrogen-bond acceptors (Lipinski definition) is 4. The first-order chi connectivity index (χ1) is 6.63. The monoisotopic (exact) mass is 188 g/mol. The molecule has 2 aromatic carbocycles. The van der Waals surface area contributed by atoms with Crippen molar-refractivity contribution in [2.45, 2.75) is 0 Å². The topological polar surface area (TPSA) is 104 Å². The van der Waals surface area contributed by atoms with E-state index in [-0.39, 0.29) is 0 Å². The molecule has 0 bridgehead atoms. The second-order valence-electron chi connectivity index (χ2n) is 3.20. The van der Waals surface area contributed by atoms with Crippen LogP contribution >= 0.6 is 0 Å². The molecule has 0 saturated carbocycles. The zero-order chi connectivity index (χ0) is 10.3. The van der Waals surface area contributed by atoms with Crippen LogP contribution in [0.5, 0.6) is 0 Å². The summed E-state index contributed by atoms with van der Waals surface area (Å²) in [5.74, 6) is 0. The largest absolute Gasteiger partial charge is 0.396 e. The molecule has 0 heterocycles. The summed E-state index contributed by atoms with van der Waals surface area (Å²) in [6.07, 6.45) is 0. The van der Waals surface area contributed by atoms with Crippen molar-refractivity contribution in [2.24, 2.45) is 0 Å². The third-order valence-electron chi connectivity index (χ3n) is 2.38. The number of nitrogens with two attached hydrogens (primary N) is 4. The summed E-state index contributed by atoms with van der Waals surface area (Å²) in [5.41, 5.74) is 24.8. The molecule has 0 aliphatic rings. The quantitative estimate of drug-likeness (QED) is 0.466. The van der Waals surface area contributed by atoms with E-state index < -0.39 is 0 Å². The molecule has 8 N–H and O–H groups in total. The molecule has 2 aromatic rings. The van der Waals surface area contributed by atoms with Crippen LogP contribution in [0.1, 0.15) is 0 Å². The molecule has 0 saturated heterocycles. The fourth-order valence-electron chi connectivity index (χ4n) is 1.53. The van der Waals surface area contributed by atoms with Gasteiger partial charge in [-0.1, -0.05) is 24.3 Å². The molecule has 0 aromatic heterocycles. The van der Waals surface area contributed by atoms with Gasteiger partial charge in [-0.05, 0) is 0 Å². The van der Waals surface area contributed by atoms with Crippen molar-refractivity contribution < 1.29 is 0 Å². The molecule has 0 atom stereocenters. The van der Waals surface area contributed by atoms with E-state index in [1.807, 2.05) is 24.3 Å². The summed E-state index contributed by atoms with van der Waals surface area (Å²) in [6, 6.07) is 7.51. The Morgan fingerprint density at radius 1 is 0.571 bits per heavy atom. The maximum absolute atomic E-state index is 5.83. The Morgan fingerprint density at radius 2 is 0.929 bits per heavy atom. The van der Waals surface area contributed by atoms with Crippen LogP contribution in [0.2, 0.25) is 0 Å². The molecular formula is C10H12N4. The van der Waals surface area contributed by atoms with Crippen molar-refractivity contribution in [1.82, 2.24) is 0 Å². The smallest absolute Gasteiger partial charge is 0.0809 e. The molecule has 0 aliphatic carbocycles. The highest BCUT2D eigenvalue weighted by Crippen LogP contribution is 2.37. The number of hydrogen-bond donors (Lipinski definition) is 4. The first-order valence-electron chi connectivity index (χ1n) is 4.23. The summed E-state index contributed by atoms with van der Waals surface area (Å²) < 4.78 is 0. The lowest BCUT2D eigenvalue weighted by Gasteiger charge is -2.11. The zero-order valence-electron chi connectivity index (χ0n) is 7.62.